The molecule has 0 aliphatic carbocycles. The van der Waals surface area contributed by atoms with Crippen molar-refractivity contribution in [3.8, 4) is 5.75 Å². The van der Waals surface area contributed by atoms with Gasteiger partial charge in [0.15, 0.2) is 0 Å². The number of nitrogens with zero attached hydrogens (tertiary/aromatic N) is 1. The van der Waals surface area contributed by atoms with Crippen LogP contribution >= 0.6 is 0 Å². The highest BCUT2D eigenvalue weighted by Gasteiger charge is 2.08. The van der Waals surface area contributed by atoms with Gasteiger partial charge in [-0.1, -0.05) is 12.1 Å². The highest BCUT2D eigenvalue weighted by molar-refractivity contribution is 5.27. The number of ether oxygens (including phenoxy) is 2. The van der Waals surface area contributed by atoms with Gasteiger partial charge in [-0.2, -0.15) is 0 Å². The van der Waals surface area contributed by atoms with Crippen molar-refractivity contribution in [3.05, 3.63) is 29.8 Å². The molecule has 1 fully saturated rings. The van der Waals surface area contributed by atoms with Crippen molar-refractivity contribution >= 4 is 0 Å². The Labute approximate surface area is 120 Å². The van der Waals surface area contributed by atoms with Gasteiger partial charge in [0.25, 0.3) is 0 Å². The maximum absolute atomic E-state index is 8.69. The SMILES string of the molecule is OCCOc1ccc(CNCCN2CCOCC2)cc1. The molecule has 1 heterocycles. The molecule has 1 aliphatic heterocycles. The van der Waals surface area contributed by atoms with E-state index in [-0.39, 0.29) is 6.61 Å². The van der Waals surface area contributed by atoms with Crippen molar-refractivity contribution in [2.45, 2.75) is 6.54 Å². The first kappa shape index (κ1) is 15.3. The van der Waals surface area contributed by atoms with E-state index in [1.54, 1.807) is 0 Å². The van der Waals surface area contributed by atoms with Crippen LogP contribution in [0, 0.1) is 0 Å². The van der Waals surface area contributed by atoms with Crippen molar-refractivity contribution in [1.82, 2.24) is 10.2 Å². The summed E-state index contributed by atoms with van der Waals surface area (Å²) in [5.74, 6) is 0.802. The number of nitrogens with one attached hydrogen (secondary N) is 1. The first-order valence-electron chi connectivity index (χ1n) is 7.22. The molecule has 112 valence electrons. The van der Waals surface area contributed by atoms with E-state index in [2.05, 4.69) is 22.3 Å². The Hall–Kier alpha value is -1.14. The highest BCUT2D eigenvalue weighted by atomic mass is 16.5. The molecule has 1 aromatic rings. The molecule has 0 spiro atoms. The molecule has 0 aromatic heterocycles. The van der Waals surface area contributed by atoms with Gasteiger partial charge in [-0.15, -0.1) is 0 Å². The van der Waals surface area contributed by atoms with Gasteiger partial charge < -0.3 is 19.9 Å². The Morgan fingerprint density at radius 3 is 2.65 bits per heavy atom. The lowest BCUT2D eigenvalue weighted by molar-refractivity contribution is 0.0384. The summed E-state index contributed by atoms with van der Waals surface area (Å²) in [6.45, 7) is 7.11. The third kappa shape index (κ3) is 5.46. The van der Waals surface area contributed by atoms with Gasteiger partial charge >= 0.3 is 0 Å². The highest BCUT2D eigenvalue weighted by Crippen LogP contribution is 2.11. The molecule has 0 atom stereocenters. The van der Waals surface area contributed by atoms with Crippen LogP contribution < -0.4 is 10.1 Å². The third-order valence-corrected chi connectivity index (χ3v) is 3.32. The minimum Gasteiger partial charge on any atom is -0.491 e. The van der Waals surface area contributed by atoms with Crippen LogP contribution in [0.2, 0.25) is 0 Å². The van der Waals surface area contributed by atoms with Crippen molar-refractivity contribution in [1.29, 1.82) is 0 Å². The summed E-state index contributed by atoms with van der Waals surface area (Å²) in [5, 5.41) is 12.1. The molecular formula is C15H24N2O3. The largest absolute Gasteiger partial charge is 0.491 e. The van der Waals surface area contributed by atoms with Gasteiger partial charge in [0.05, 0.1) is 19.8 Å². The topological polar surface area (TPSA) is 54.0 Å². The average Bonchev–Trinajstić information content (AvgIpc) is 2.52. The summed E-state index contributed by atoms with van der Waals surface area (Å²) < 4.78 is 10.7. The van der Waals surface area contributed by atoms with E-state index in [9.17, 15) is 0 Å². The third-order valence-electron chi connectivity index (χ3n) is 3.32. The minimum atomic E-state index is 0.0465. The Morgan fingerprint density at radius 1 is 1.20 bits per heavy atom. The second-order valence-electron chi connectivity index (χ2n) is 4.85. The molecule has 0 amide bonds. The summed E-state index contributed by atoms with van der Waals surface area (Å²) in [4.78, 5) is 2.42. The zero-order valence-electron chi connectivity index (χ0n) is 11.9. The Morgan fingerprint density at radius 2 is 1.95 bits per heavy atom. The number of hydrogen-bond acceptors (Lipinski definition) is 5. The molecule has 0 unspecified atom stereocenters. The summed E-state index contributed by atoms with van der Waals surface area (Å²) in [7, 11) is 0. The van der Waals surface area contributed by atoms with Crippen LogP contribution in [-0.2, 0) is 11.3 Å². The van der Waals surface area contributed by atoms with Gasteiger partial charge in [0.2, 0.25) is 0 Å². The minimum absolute atomic E-state index is 0.0465. The molecule has 0 bridgehead atoms. The fourth-order valence-corrected chi connectivity index (χ4v) is 2.16. The van der Waals surface area contributed by atoms with Crippen LogP contribution in [0.4, 0.5) is 0 Å². The number of aliphatic hydroxyl groups is 1. The average molecular weight is 280 g/mol. The Balaban J connectivity index is 1.61. The lowest BCUT2D eigenvalue weighted by atomic mass is 10.2. The van der Waals surface area contributed by atoms with Gasteiger partial charge in [-0.3, -0.25) is 4.90 Å². The summed E-state index contributed by atoms with van der Waals surface area (Å²) in [6.07, 6.45) is 0. The number of hydrogen-bond donors (Lipinski definition) is 2. The predicted molar refractivity (Wildman–Crippen MR) is 78.0 cm³/mol. The molecule has 20 heavy (non-hydrogen) atoms. The van der Waals surface area contributed by atoms with Crippen LogP contribution in [0.5, 0.6) is 5.75 Å². The number of aliphatic hydroxyl groups excluding tert-OH is 1. The van der Waals surface area contributed by atoms with Gasteiger partial charge in [-0.05, 0) is 17.7 Å². The fourth-order valence-electron chi connectivity index (χ4n) is 2.16. The van der Waals surface area contributed by atoms with Gasteiger partial charge in [-0.25, -0.2) is 0 Å². The van der Waals surface area contributed by atoms with Crippen molar-refractivity contribution in [2.75, 3.05) is 52.6 Å². The standard InChI is InChI=1S/C15H24N2O3/c18-9-12-20-15-3-1-14(2-4-15)13-16-5-6-17-7-10-19-11-8-17/h1-4,16,18H,5-13H2. The summed E-state index contributed by atoms with van der Waals surface area (Å²) >= 11 is 0. The molecule has 1 aliphatic rings. The molecule has 0 saturated carbocycles. The maximum Gasteiger partial charge on any atom is 0.119 e. The first-order chi connectivity index (χ1) is 9.88. The smallest absolute Gasteiger partial charge is 0.119 e. The normalized spacial score (nSPS) is 16.2. The van der Waals surface area contributed by atoms with Crippen molar-refractivity contribution in [2.24, 2.45) is 0 Å². The number of morpholine rings is 1. The molecular weight excluding hydrogens is 256 g/mol. The van der Waals surface area contributed by atoms with Crippen molar-refractivity contribution < 1.29 is 14.6 Å². The monoisotopic (exact) mass is 280 g/mol. The lowest BCUT2D eigenvalue weighted by Crippen LogP contribution is -2.40. The van der Waals surface area contributed by atoms with Crippen LogP contribution in [0.25, 0.3) is 0 Å². The Kier molecular flexibility index (Phi) is 6.80. The molecule has 1 aromatic carbocycles. The molecule has 5 nitrogen and oxygen atoms in total. The van der Waals surface area contributed by atoms with E-state index in [1.165, 1.54) is 5.56 Å². The Bertz CT molecular complexity index is 364. The van der Waals surface area contributed by atoms with E-state index in [0.29, 0.717) is 6.61 Å². The maximum atomic E-state index is 8.69. The molecule has 0 radical (unpaired) electrons. The van der Waals surface area contributed by atoms with Crippen LogP contribution in [0.15, 0.2) is 24.3 Å². The number of rotatable bonds is 8. The van der Waals surface area contributed by atoms with Crippen LogP contribution in [0.1, 0.15) is 5.56 Å². The summed E-state index contributed by atoms with van der Waals surface area (Å²) in [5.41, 5.74) is 1.24. The second-order valence-corrected chi connectivity index (χ2v) is 4.85. The van der Waals surface area contributed by atoms with Crippen LogP contribution in [0.3, 0.4) is 0 Å². The van der Waals surface area contributed by atoms with Gasteiger partial charge in [0.1, 0.15) is 12.4 Å². The predicted octanol–water partition coefficient (Wildman–Crippen LogP) is 0.480. The lowest BCUT2D eigenvalue weighted by Gasteiger charge is -2.26. The van der Waals surface area contributed by atoms with E-state index in [0.717, 1.165) is 51.7 Å². The number of benzene rings is 1. The molecule has 2 rings (SSSR count). The zero-order chi connectivity index (χ0) is 14.0. The van der Waals surface area contributed by atoms with E-state index >= 15 is 0 Å². The van der Waals surface area contributed by atoms with E-state index in [4.69, 9.17) is 14.6 Å². The molecule has 5 heteroatoms. The summed E-state index contributed by atoms with van der Waals surface area (Å²) in [6, 6.07) is 7.98. The molecule has 1 saturated heterocycles. The van der Waals surface area contributed by atoms with Gasteiger partial charge in [0, 0.05) is 32.7 Å². The fraction of sp³-hybridized carbons (Fsp3) is 0.600. The molecule has 2 N–H and O–H groups in total. The van der Waals surface area contributed by atoms with E-state index in [1.807, 2.05) is 12.1 Å². The van der Waals surface area contributed by atoms with Crippen molar-refractivity contribution in [3.63, 3.8) is 0 Å². The first-order valence-corrected chi connectivity index (χ1v) is 7.22. The second kappa shape index (κ2) is 8.92. The zero-order valence-corrected chi connectivity index (χ0v) is 11.9. The van der Waals surface area contributed by atoms with E-state index < -0.39 is 0 Å². The van der Waals surface area contributed by atoms with Crippen LogP contribution in [-0.4, -0.2) is 62.6 Å². The quantitative estimate of drug-likeness (QED) is 0.678.